The molecule has 4 aliphatic carbocycles. The molecule has 0 amide bonds. The lowest BCUT2D eigenvalue weighted by Gasteiger charge is -2.57. The highest BCUT2D eigenvalue weighted by Crippen LogP contribution is 2.66. The molecule has 3 saturated carbocycles. The lowest BCUT2D eigenvalue weighted by molar-refractivity contribution is -0.0226. The molecule has 26 heavy (non-hydrogen) atoms. The molecule has 0 heterocycles. The topological polar surface area (TPSA) is 47.6 Å². The number of nitrogens with zero attached hydrogens (tertiary/aromatic N) is 1. The van der Waals surface area contributed by atoms with Gasteiger partial charge in [0.1, 0.15) is 6.61 Å². The average Bonchev–Trinajstić information content (AvgIpc) is 2.94. The van der Waals surface area contributed by atoms with E-state index in [9.17, 15) is 0 Å². The SMILES string of the molecule is C=C1CCC2C3CCC4=CC(=NOCCCN)CC[C@]4(C)C3CC[C@]12C. The molecule has 3 unspecified atom stereocenters. The maximum absolute atomic E-state index is 5.52. The van der Waals surface area contributed by atoms with Gasteiger partial charge in [-0.2, -0.15) is 0 Å². The largest absolute Gasteiger partial charge is 0.396 e. The molecule has 0 aliphatic heterocycles. The molecule has 0 radical (unpaired) electrons. The normalized spacial score (nSPS) is 43.5. The van der Waals surface area contributed by atoms with Crippen LogP contribution in [0.2, 0.25) is 0 Å². The van der Waals surface area contributed by atoms with Gasteiger partial charge in [-0.3, -0.25) is 0 Å². The predicted molar refractivity (Wildman–Crippen MR) is 108 cm³/mol. The van der Waals surface area contributed by atoms with Crippen molar-refractivity contribution in [2.24, 2.45) is 39.5 Å². The van der Waals surface area contributed by atoms with Gasteiger partial charge >= 0.3 is 0 Å². The summed E-state index contributed by atoms with van der Waals surface area (Å²) < 4.78 is 0. The van der Waals surface area contributed by atoms with Crippen LogP contribution in [0.5, 0.6) is 0 Å². The Morgan fingerprint density at radius 2 is 1.92 bits per heavy atom. The molecule has 0 saturated heterocycles. The molecule has 3 nitrogen and oxygen atoms in total. The smallest absolute Gasteiger partial charge is 0.118 e. The third-order valence-electron chi connectivity index (χ3n) is 8.55. The Morgan fingerprint density at radius 1 is 1.12 bits per heavy atom. The summed E-state index contributed by atoms with van der Waals surface area (Å²) in [6, 6.07) is 0. The first-order valence-corrected chi connectivity index (χ1v) is 10.8. The zero-order valence-electron chi connectivity index (χ0n) is 16.7. The number of fused-ring (bicyclic) bond motifs is 5. The van der Waals surface area contributed by atoms with E-state index in [1.807, 2.05) is 0 Å². The minimum absolute atomic E-state index is 0.379. The van der Waals surface area contributed by atoms with Crippen molar-refractivity contribution < 1.29 is 4.84 Å². The summed E-state index contributed by atoms with van der Waals surface area (Å²) in [4.78, 5) is 5.47. The van der Waals surface area contributed by atoms with Crippen LogP contribution in [0.15, 0.2) is 29.0 Å². The summed E-state index contributed by atoms with van der Waals surface area (Å²) in [7, 11) is 0. The Bertz CT molecular complexity index is 636. The minimum Gasteiger partial charge on any atom is -0.396 e. The van der Waals surface area contributed by atoms with E-state index in [2.05, 4.69) is 31.7 Å². The van der Waals surface area contributed by atoms with Gasteiger partial charge in [0.15, 0.2) is 0 Å². The van der Waals surface area contributed by atoms with Crippen LogP contribution < -0.4 is 5.73 Å². The lowest BCUT2D eigenvalue weighted by atomic mass is 9.47. The molecule has 0 aromatic rings. The van der Waals surface area contributed by atoms with Gasteiger partial charge < -0.3 is 10.6 Å². The highest BCUT2D eigenvalue weighted by molar-refractivity contribution is 5.96. The van der Waals surface area contributed by atoms with Crippen LogP contribution >= 0.6 is 0 Å². The van der Waals surface area contributed by atoms with E-state index in [4.69, 9.17) is 10.6 Å². The van der Waals surface area contributed by atoms with E-state index in [1.54, 1.807) is 11.1 Å². The van der Waals surface area contributed by atoms with Crippen LogP contribution in [-0.2, 0) is 4.84 Å². The summed E-state index contributed by atoms with van der Waals surface area (Å²) in [6.45, 7) is 10.8. The van der Waals surface area contributed by atoms with Gasteiger partial charge in [-0.15, -0.1) is 0 Å². The van der Waals surface area contributed by atoms with Crippen molar-refractivity contribution >= 4 is 5.71 Å². The van der Waals surface area contributed by atoms with Gasteiger partial charge in [-0.05, 0) is 99.0 Å². The number of nitrogens with two attached hydrogens (primary N) is 1. The molecule has 0 aromatic heterocycles. The maximum Gasteiger partial charge on any atom is 0.118 e. The molecule has 5 atom stereocenters. The van der Waals surface area contributed by atoms with Crippen molar-refractivity contribution in [2.75, 3.05) is 13.2 Å². The van der Waals surface area contributed by atoms with Crippen molar-refractivity contribution in [3.05, 3.63) is 23.8 Å². The second-order valence-corrected chi connectivity index (χ2v) is 9.66. The molecule has 4 aliphatic rings. The van der Waals surface area contributed by atoms with Crippen LogP contribution in [0.1, 0.15) is 71.6 Å². The number of oxime groups is 1. The highest BCUT2D eigenvalue weighted by atomic mass is 16.6. The Morgan fingerprint density at radius 3 is 2.73 bits per heavy atom. The molecule has 0 aromatic carbocycles. The van der Waals surface area contributed by atoms with E-state index in [0.717, 1.165) is 36.3 Å². The summed E-state index contributed by atoms with van der Waals surface area (Å²) in [5.41, 5.74) is 10.7. The predicted octanol–water partition coefficient (Wildman–Crippen LogP) is 5.23. The van der Waals surface area contributed by atoms with Crippen LogP contribution in [-0.4, -0.2) is 18.9 Å². The summed E-state index contributed by atoms with van der Waals surface area (Å²) in [5.74, 6) is 2.63. The van der Waals surface area contributed by atoms with Crippen molar-refractivity contribution in [1.29, 1.82) is 0 Å². The zero-order valence-corrected chi connectivity index (χ0v) is 16.7. The molecule has 3 heteroatoms. The fraction of sp³-hybridized carbons (Fsp3) is 0.783. The van der Waals surface area contributed by atoms with Gasteiger partial charge in [-0.1, -0.05) is 36.7 Å². The first kappa shape index (κ1) is 18.3. The number of allylic oxidation sites excluding steroid dienone is 3. The Hall–Kier alpha value is -1.09. The van der Waals surface area contributed by atoms with Crippen molar-refractivity contribution in [3.8, 4) is 0 Å². The van der Waals surface area contributed by atoms with Gasteiger partial charge in [0.2, 0.25) is 0 Å². The molecule has 0 bridgehead atoms. The minimum atomic E-state index is 0.379. The monoisotopic (exact) mass is 356 g/mol. The first-order chi connectivity index (χ1) is 12.5. The third-order valence-corrected chi connectivity index (χ3v) is 8.55. The lowest BCUT2D eigenvalue weighted by Crippen LogP contribution is -2.49. The fourth-order valence-electron chi connectivity index (χ4n) is 6.83. The van der Waals surface area contributed by atoms with Crippen LogP contribution in [0.4, 0.5) is 0 Å². The van der Waals surface area contributed by atoms with E-state index >= 15 is 0 Å². The van der Waals surface area contributed by atoms with E-state index in [-0.39, 0.29) is 0 Å². The van der Waals surface area contributed by atoms with Crippen molar-refractivity contribution in [2.45, 2.75) is 71.6 Å². The average molecular weight is 357 g/mol. The molecule has 3 fully saturated rings. The molecule has 0 spiro atoms. The number of rotatable bonds is 4. The fourth-order valence-corrected chi connectivity index (χ4v) is 6.83. The number of hydrogen-bond acceptors (Lipinski definition) is 3. The second kappa shape index (κ2) is 6.82. The van der Waals surface area contributed by atoms with Crippen molar-refractivity contribution in [3.63, 3.8) is 0 Å². The zero-order chi connectivity index (χ0) is 18.4. The molecular formula is C23H36N2O. The van der Waals surface area contributed by atoms with E-state index < -0.39 is 0 Å². The van der Waals surface area contributed by atoms with E-state index in [1.165, 1.54) is 44.9 Å². The summed E-state index contributed by atoms with van der Waals surface area (Å²) in [5, 5.41) is 4.39. The third kappa shape index (κ3) is 2.78. The van der Waals surface area contributed by atoms with Crippen LogP contribution in [0.3, 0.4) is 0 Å². The van der Waals surface area contributed by atoms with Gasteiger partial charge in [0.05, 0.1) is 5.71 Å². The first-order valence-electron chi connectivity index (χ1n) is 10.8. The number of hydrogen-bond donors (Lipinski definition) is 1. The van der Waals surface area contributed by atoms with Crippen LogP contribution in [0, 0.1) is 28.6 Å². The standard InChI is InChI=1S/C23H36N2O/c1-16-5-8-20-19-7-6-17-15-18(25-26-14-4-13-24)9-11-23(17,3)21(19)10-12-22(16,20)2/h15,19-21H,1,4-14,24H2,2-3H3/t19?,20?,21?,22-,23+/m1/s1. The summed E-state index contributed by atoms with van der Waals surface area (Å²) >= 11 is 0. The molecular weight excluding hydrogens is 320 g/mol. The maximum atomic E-state index is 5.52. The van der Waals surface area contributed by atoms with Crippen molar-refractivity contribution in [1.82, 2.24) is 0 Å². The van der Waals surface area contributed by atoms with Crippen LogP contribution in [0.25, 0.3) is 0 Å². The highest BCUT2D eigenvalue weighted by Gasteiger charge is 2.57. The Labute approximate surface area is 159 Å². The molecule has 144 valence electrons. The molecule has 2 N–H and O–H groups in total. The van der Waals surface area contributed by atoms with Gasteiger partial charge in [0.25, 0.3) is 0 Å². The van der Waals surface area contributed by atoms with Gasteiger partial charge in [-0.25, -0.2) is 0 Å². The quantitative estimate of drug-likeness (QED) is 0.426. The molecule has 4 rings (SSSR count). The van der Waals surface area contributed by atoms with E-state index in [0.29, 0.717) is 24.0 Å². The second-order valence-electron chi connectivity index (χ2n) is 9.66. The van der Waals surface area contributed by atoms with Gasteiger partial charge in [0, 0.05) is 0 Å². The Balaban J connectivity index is 1.53. The Kier molecular flexibility index (Phi) is 4.79. The summed E-state index contributed by atoms with van der Waals surface area (Å²) in [6.07, 6.45) is 13.5.